The third kappa shape index (κ3) is 4.82. The zero-order valence-corrected chi connectivity index (χ0v) is 10.3. The average molecular weight is 260 g/mol. The van der Waals surface area contributed by atoms with Gasteiger partial charge in [0.25, 0.3) is 0 Å². The summed E-state index contributed by atoms with van der Waals surface area (Å²) in [5, 5.41) is 1.12. The van der Waals surface area contributed by atoms with E-state index in [2.05, 4.69) is 27.9 Å². The third-order valence-electron chi connectivity index (χ3n) is 2.18. The highest BCUT2D eigenvalue weighted by atomic mass is 79.9. The van der Waals surface area contributed by atoms with Crippen molar-refractivity contribution in [2.75, 3.05) is 18.9 Å². The van der Waals surface area contributed by atoms with Crippen molar-refractivity contribution in [2.45, 2.75) is 25.8 Å². The summed E-state index contributed by atoms with van der Waals surface area (Å²) in [5.74, 6) is 1.05. The minimum Gasteiger partial charge on any atom is -0.468 e. The van der Waals surface area contributed by atoms with Crippen molar-refractivity contribution < 1.29 is 4.42 Å². The van der Waals surface area contributed by atoms with Gasteiger partial charge in [-0.2, -0.15) is 0 Å². The van der Waals surface area contributed by atoms with Crippen molar-refractivity contribution in [1.29, 1.82) is 0 Å². The molecule has 0 unspecified atom stereocenters. The monoisotopic (exact) mass is 259 g/mol. The Hall–Kier alpha value is -0.280. The maximum Gasteiger partial charge on any atom is 0.117 e. The van der Waals surface area contributed by atoms with Crippen molar-refractivity contribution in [2.24, 2.45) is 0 Å². The maximum absolute atomic E-state index is 5.28. The molecule has 14 heavy (non-hydrogen) atoms. The highest BCUT2D eigenvalue weighted by Crippen LogP contribution is 2.05. The van der Waals surface area contributed by atoms with Crippen LogP contribution in [0.15, 0.2) is 22.8 Å². The van der Waals surface area contributed by atoms with Gasteiger partial charge in [0, 0.05) is 5.33 Å². The first kappa shape index (κ1) is 11.8. The normalized spacial score (nSPS) is 11.1. The molecule has 0 aliphatic rings. The Morgan fingerprint density at radius 2 is 2.21 bits per heavy atom. The lowest BCUT2D eigenvalue weighted by Crippen LogP contribution is -2.18. The lowest BCUT2D eigenvalue weighted by Gasteiger charge is -2.14. The van der Waals surface area contributed by atoms with E-state index in [-0.39, 0.29) is 0 Å². The van der Waals surface area contributed by atoms with Gasteiger partial charge in [-0.3, -0.25) is 4.90 Å². The van der Waals surface area contributed by atoms with Gasteiger partial charge in [-0.15, -0.1) is 0 Å². The van der Waals surface area contributed by atoms with Crippen molar-refractivity contribution in [3.05, 3.63) is 24.2 Å². The van der Waals surface area contributed by atoms with Crippen LogP contribution in [-0.2, 0) is 6.54 Å². The molecule has 1 aromatic rings. The van der Waals surface area contributed by atoms with Gasteiger partial charge in [-0.25, -0.2) is 0 Å². The summed E-state index contributed by atoms with van der Waals surface area (Å²) in [6, 6.07) is 3.96. The minimum atomic E-state index is 0.918. The van der Waals surface area contributed by atoms with Crippen LogP contribution >= 0.6 is 15.9 Å². The quantitative estimate of drug-likeness (QED) is 0.552. The largest absolute Gasteiger partial charge is 0.468 e. The van der Waals surface area contributed by atoms with E-state index in [0.29, 0.717) is 0 Å². The van der Waals surface area contributed by atoms with E-state index in [0.717, 1.165) is 24.2 Å². The molecule has 1 aromatic heterocycles. The van der Waals surface area contributed by atoms with Crippen LogP contribution in [0.4, 0.5) is 0 Å². The molecule has 0 spiro atoms. The molecule has 0 saturated heterocycles. The SMILES string of the molecule is CN(CCCCCBr)Cc1ccco1. The molecule has 0 bridgehead atoms. The van der Waals surface area contributed by atoms with Gasteiger partial charge in [0.1, 0.15) is 5.76 Å². The fraction of sp³-hybridized carbons (Fsp3) is 0.636. The molecule has 0 amide bonds. The zero-order valence-electron chi connectivity index (χ0n) is 8.71. The first-order chi connectivity index (χ1) is 6.83. The summed E-state index contributed by atoms with van der Waals surface area (Å²) < 4.78 is 5.28. The Morgan fingerprint density at radius 1 is 1.36 bits per heavy atom. The molecule has 0 atom stereocenters. The molecule has 80 valence electrons. The highest BCUT2D eigenvalue weighted by molar-refractivity contribution is 9.09. The molecule has 2 nitrogen and oxygen atoms in total. The minimum absolute atomic E-state index is 0.918. The molecule has 3 heteroatoms. The standard InChI is InChI=1S/C11H18BrNO/c1-13(8-4-2-3-7-12)10-11-6-5-9-14-11/h5-6,9H,2-4,7-8,10H2,1H3. The Bertz CT molecular complexity index is 223. The van der Waals surface area contributed by atoms with Crippen molar-refractivity contribution >= 4 is 15.9 Å². The number of hydrogen-bond acceptors (Lipinski definition) is 2. The molecule has 1 heterocycles. The van der Waals surface area contributed by atoms with Crippen molar-refractivity contribution in [3.8, 4) is 0 Å². The van der Waals surface area contributed by atoms with Crippen LogP contribution in [0.25, 0.3) is 0 Å². The molecule has 0 aromatic carbocycles. The second-order valence-corrected chi connectivity index (χ2v) is 4.36. The Morgan fingerprint density at radius 3 is 2.86 bits per heavy atom. The smallest absolute Gasteiger partial charge is 0.117 e. The third-order valence-corrected chi connectivity index (χ3v) is 2.74. The predicted octanol–water partition coefficient (Wildman–Crippen LogP) is 3.28. The Labute approximate surface area is 94.4 Å². The van der Waals surface area contributed by atoms with Crippen LogP contribution in [0, 0.1) is 0 Å². The van der Waals surface area contributed by atoms with Gasteiger partial charge < -0.3 is 4.42 Å². The Kier molecular flexibility index (Phi) is 5.96. The number of rotatable bonds is 7. The van der Waals surface area contributed by atoms with Gasteiger partial charge in [0.15, 0.2) is 0 Å². The average Bonchev–Trinajstić information content (AvgIpc) is 2.65. The van der Waals surface area contributed by atoms with Crippen LogP contribution in [0.2, 0.25) is 0 Å². The van der Waals surface area contributed by atoms with E-state index in [1.54, 1.807) is 6.26 Å². The highest BCUT2D eigenvalue weighted by Gasteiger charge is 2.01. The summed E-state index contributed by atoms with van der Waals surface area (Å²) in [6.45, 7) is 2.06. The van der Waals surface area contributed by atoms with Crippen LogP contribution in [0.5, 0.6) is 0 Å². The number of halogens is 1. The number of unbranched alkanes of at least 4 members (excludes halogenated alkanes) is 2. The van der Waals surface area contributed by atoms with Gasteiger partial charge >= 0.3 is 0 Å². The molecule has 0 radical (unpaired) electrons. The lowest BCUT2D eigenvalue weighted by molar-refractivity contribution is 0.289. The molecular weight excluding hydrogens is 242 g/mol. The summed E-state index contributed by atoms with van der Waals surface area (Å²) in [5.41, 5.74) is 0. The molecule has 0 aliphatic carbocycles. The molecule has 0 fully saturated rings. The predicted molar refractivity (Wildman–Crippen MR) is 62.7 cm³/mol. The molecule has 0 aliphatic heterocycles. The second kappa shape index (κ2) is 7.07. The van der Waals surface area contributed by atoms with E-state index < -0.39 is 0 Å². The van der Waals surface area contributed by atoms with Crippen LogP contribution < -0.4 is 0 Å². The second-order valence-electron chi connectivity index (χ2n) is 3.57. The van der Waals surface area contributed by atoms with Gasteiger partial charge in [-0.05, 0) is 38.6 Å². The van der Waals surface area contributed by atoms with Gasteiger partial charge in [-0.1, -0.05) is 22.4 Å². The van der Waals surface area contributed by atoms with E-state index >= 15 is 0 Å². The summed E-state index contributed by atoms with van der Waals surface area (Å²) in [7, 11) is 2.14. The summed E-state index contributed by atoms with van der Waals surface area (Å²) >= 11 is 3.44. The van der Waals surface area contributed by atoms with Gasteiger partial charge in [0.2, 0.25) is 0 Å². The number of nitrogens with zero attached hydrogens (tertiary/aromatic N) is 1. The summed E-state index contributed by atoms with van der Waals surface area (Å²) in [4.78, 5) is 2.30. The molecule has 0 N–H and O–H groups in total. The topological polar surface area (TPSA) is 16.4 Å². The Balaban J connectivity index is 2.07. The summed E-state index contributed by atoms with van der Waals surface area (Å²) in [6.07, 6.45) is 5.57. The van der Waals surface area contributed by atoms with E-state index in [1.807, 2.05) is 12.1 Å². The van der Waals surface area contributed by atoms with Gasteiger partial charge in [0.05, 0.1) is 12.8 Å². The maximum atomic E-state index is 5.28. The van der Waals surface area contributed by atoms with E-state index in [1.165, 1.54) is 19.3 Å². The number of hydrogen-bond donors (Lipinski definition) is 0. The number of furan rings is 1. The fourth-order valence-electron chi connectivity index (χ4n) is 1.40. The van der Waals surface area contributed by atoms with E-state index in [9.17, 15) is 0 Å². The molecule has 1 rings (SSSR count). The van der Waals surface area contributed by atoms with E-state index in [4.69, 9.17) is 4.42 Å². The van der Waals surface area contributed by atoms with Crippen LogP contribution in [0.3, 0.4) is 0 Å². The first-order valence-electron chi connectivity index (χ1n) is 5.10. The number of alkyl halides is 1. The first-order valence-corrected chi connectivity index (χ1v) is 6.22. The molecule has 0 saturated carbocycles. The lowest BCUT2D eigenvalue weighted by atomic mass is 10.2. The van der Waals surface area contributed by atoms with Crippen molar-refractivity contribution in [3.63, 3.8) is 0 Å². The fourth-order valence-corrected chi connectivity index (χ4v) is 1.80. The van der Waals surface area contributed by atoms with Crippen LogP contribution in [-0.4, -0.2) is 23.8 Å². The van der Waals surface area contributed by atoms with Crippen LogP contribution in [0.1, 0.15) is 25.0 Å². The zero-order chi connectivity index (χ0) is 10.2. The molecular formula is C11H18BrNO. The van der Waals surface area contributed by atoms with Crippen molar-refractivity contribution in [1.82, 2.24) is 4.90 Å².